The summed E-state index contributed by atoms with van der Waals surface area (Å²) in [5.74, 6) is -0.688. The van der Waals surface area contributed by atoms with Crippen LogP contribution in [0.3, 0.4) is 0 Å². The normalized spacial score (nSPS) is 12.1. The summed E-state index contributed by atoms with van der Waals surface area (Å²) in [6.07, 6.45) is 1.26. The van der Waals surface area contributed by atoms with E-state index >= 15 is 0 Å². The number of hydrogen-bond acceptors (Lipinski definition) is 3. The number of hydrogen-bond donors (Lipinski definition) is 1. The molecule has 0 fully saturated rings. The van der Waals surface area contributed by atoms with Crippen molar-refractivity contribution in [2.24, 2.45) is 5.73 Å². The number of nitro benzene ring substituents is 1. The van der Waals surface area contributed by atoms with Gasteiger partial charge in [-0.1, -0.05) is 12.1 Å². The molecule has 0 amide bonds. The van der Waals surface area contributed by atoms with E-state index in [4.69, 9.17) is 5.73 Å². The first kappa shape index (κ1) is 10.3. The SMILES string of the molecule is C=CC(N)c1c(F)cccc1[N+](=O)[O-]. The van der Waals surface area contributed by atoms with Crippen molar-refractivity contribution in [3.05, 3.63) is 52.3 Å². The van der Waals surface area contributed by atoms with Gasteiger partial charge in [0.15, 0.2) is 0 Å². The zero-order valence-electron chi connectivity index (χ0n) is 7.31. The maximum atomic E-state index is 13.2. The second kappa shape index (κ2) is 3.97. The molecule has 5 heteroatoms. The number of nitrogens with zero attached hydrogens (tertiary/aromatic N) is 1. The van der Waals surface area contributed by atoms with Gasteiger partial charge in [0.25, 0.3) is 5.69 Å². The highest BCUT2D eigenvalue weighted by atomic mass is 19.1. The van der Waals surface area contributed by atoms with Gasteiger partial charge in [-0.3, -0.25) is 10.1 Å². The van der Waals surface area contributed by atoms with Crippen molar-refractivity contribution >= 4 is 5.69 Å². The number of benzene rings is 1. The van der Waals surface area contributed by atoms with E-state index in [0.717, 1.165) is 6.07 Å². The lowest BCUT2D eigenvalue weighted by Gasteiger charge is -2.07. The van der Waals surface area contributed by atoms with Crippen LogP contribution < -0.4 is 5.73 Å². The summed E-state index contributed by atoms with van der Waals surface area (Å²) < 4.78 is 13.2. The molecule has 1 aromatic carbocycles. The topological polar surface area (TPSA) is 69.2 Å². The molecular weight excluding hydrogens is 187 g/mol. The van der Waals surface area contributed by atoms with Crippen molar-refractivity contribution in [2.75, 3.05) is 0 Å². The van der Waals surface area contributed by atoms with E-state index < -0.39 is 16.8 Å². The zero-order valence-corrected chi connectivity index (χ0v) is 7.31. The fourth-order valence-corrected chi connectivity index (χ4v) is 1.13. The van der Waals surface area contributed by atoms with Crippen LogP contribution >= 0.6 is 0 Å². The van der Waals surface area contributed by atoms with Crippen LogP contribution in [0.5, 0.6) is 0 Å². The molecule has 4 nitrogen and oxygen atoms in total. The molecule has 0 aliphatic rings. The summed E-state index contributed by atoms with van der Waals surface area (Å²) in [4.78, 5) is 9.88. The van der Waals surface area contributed by atoms with Crippen molar-refractivity contribution in [1.29, 1.82) is 0 Å². The zero-order chi connectivity index (χ0) is 10.7. The molecule has 74 valence electrons. The van der Waals surface area contributed by atoms with Gasteiger partial charge < -0.3 is 5.73 Å². The average Bonchev–Trinajstić information content (AvgIpc) is 2.16. The number of nitro groups is 1. The van der Waals surface area contributed by atoms with Gasteiger partial charge in [-0.25, -0.2) is 4.39 Å². The fourth-order valence-electron chi connectivity index (χ4n) is 1.13. The predicted octanol–water partition coefficient (Wildman–Crippen LogP) is 1.92. The molecule has 0 saturated heterocycles. The van der Waals surface area contributed by atoms with Crippen LogP contribution in [-0.4, -0.2) is 4.92 Å². The predicted molar refractivity (Wildman–Crippen MR) is 50.2 cm³/mol. The molecular formula is C9H9FN2O2. The molecule has 0 saturated carbocycles. The Bertz CT molecular complexity index is 379. The van der Waals surface area contributed by atoms with Crippen LogP contribution in [0.15, 0.2) is 30.9 Å². The van der Waals surface area contributed by atoms with E-state index in [1.807, 2.05) is 0 Å². The van der Waals surface area contributed by atoms with Crippen LogP contribution in [0.25, 0.3) is 0 Å². The molecule has 0 heterocycles. The lowest BCUT2D eigenvalue weighted by Crippen LogP contribution is -2.11. The maximum Gasteiger partial charge on any atom is 0.277 e. The molecule has 1 atom stereocenters. The Morgan fingerprint density at radius 2 is 2.29 bits per heavy atom. The highest BCUT2D eigenvalue weighted by Crippen LogP contribution is 2.26. The lowest BCUT2D eigenvalue weighted by molar-refractivity contribution is -0.385. The Hall–Kier alpha value is -1.75. The van der Waals surface area contributed by atoms with E-state index in [-0.39, 0.29) is 11.3 Å². The molecule has 0 radical (unpaired) electrons. The number of nitrogens with two attached hydrogens (primary N) is 1. The van der Waals surface area contributed by atoms with Crippen LogP contribution in [-0.2, 0) is 0 Å². The maximum absolute atomic E-state index is 13.2. The summed E-state index contributed by atoms with van der Waals surface area (Å²) in [6.45, 7) is 3.36. The minimum absolute atomic E-state index is 0.132. The van der Waals surface area contributed by atoms with Crippen LogP contribution in [0.2, 0.25) is 0 Å². The van der Waals surface area contributed by atoms with Gasteiger partial charge in [-0.2, -0.15) is 0 Å². The van der Waals surface area contributed by atoms with Gasteiger partial charge in [0.2, 0.25) is 0 Å². The van der Waals surface area contributed by atoms with Crippen LogP contribution in [0.1, 0.15) is 11.6 Å². The third-order valence-corrected chi connectivity index (χ3v) is 1.81. The molecule has 1 unspecified atom stereocenters. The molecule has 0 aliphatic carbocycles. The Morgan fingerprint density at radius 3 is 2.79 bits per heavy atom. The Morgan fingerprint density at radius 1 is 1.64 bits per heavy atom. The Labute approximate surface area is 80.0 Å². The second-order valence-electron chi connectivity index (χ2n) is 2.69. The summed E-state index contributed by atoms with van der Waals surface area (Å²) >= 11 is 0. The monoisotopic (exact) mass is 196 g/mol. The molecule has 0 aromatic heterocycles. The third kappa shape index (κ3) is 1.77. The largest absolute Gasteiger partial charge is 0.320 e. The van der Waals surface area contributed by atoms with Crippen molar-refractivity contribution in [1.82, 2.24) is 0 Å². The molecule has 2 N–H and O–H groups in total. The quantitative estimate of drug-likeness (QED) is 0.456. The third-order valence-electron chi connectivity index (χ3n) is 1.81. The first-order valence-electron chi connectivity index (χ1n) is 3.89. The van der Waals surface area contributed by atoms with Crippen LogP contribution in [0, 0.1) is 15.9 Å². The van der Waals surface area contributed by atoms with Crippen molar-refractivity contribution in [3.63, 3.8) is 0 Å². The summed E-state index contributed by atoms with van der Waals surface area (Å²) in [7, 11) is 0. The summed E-state index contributed by atoms with van der Waals surface area (Å²) in [5, 5.41) is 10.5. The van der Waals surface area contributed by atoms with E-state index in [0.29, 0.717) is 0 Å². The minimum atomic E-state index is -0.864. The number of halogens is 1. The van der Waals surface area contributed by atoms with Crippen molar-refractivity contribution in [3.8, 4) is 0 Å². The molecule has 0 spiro atoms. The van der Waals surface area contributed by atoms with E-state index in [1.165, 1.54) is 18.2 Å². The van der Waals surface area contributed by atoms with E-state index in [2.05, 4.69) is 6.58 Å². The molecule has 1 rings (SSSR count). The van der Waals surface area contributed by atoms with Crippen molar-refractivity contribution < 1.29 is 9.31 Å². The molecule has 0 aliphatic heterocycles. The summed E-state index contributed by atoms with van der Waals surface area (Å²) in [6, 6.07) is 2.75. The van der Waals surface area contributed by atoms with Gasteiger partial charge in [0.1, 0.15) is 5.82 Å². The van der Waals surface area contributed by atoms with Gasteiger partial charge >= 0.3 is 0 Å². The number of rotatable bonds is 3. The Kier molecular flexibility index (Phi) is 2.93. The van der Waals surface area contributed by atoms with Gasteiger partial charge in [-0.15, -0.1) is 6.58 Å². The fraction of sp³-hybridized carbons (Fsp3) is 0.111. The lowest BCUT2D eigenvalue weighted by atomic mass is 10.1. The first-order valence-corrected chi connectivity index (χ1v) is 3.89. The highest BCUT2D eigenvalue weighted by molar-refractivity contribution is 5.44. The van der Waals surface area contributed by atoms with Crippen molar-refractivity contribution in [2.45, 2.75) is 6.04 Å². The Balaban J connectivity index is 3.36. The molecule has 14 heavy (non-hydrogen) atoms. The highest BCUT2D eigenvalue weighted by Gasteiger charge is 2.21. The van der Waals surface area contributed by atoms with E-state index in [9.17, 15) is 14.5 Å². The minimum Gasteiger partial charge on any atom is -0.320 e. The van der Waals surface area contributed by atoms with Gasteiger partial charge in [0.05, 0.1) is 16.5 Å². The van der Waals surface area contributed by atoms with Crippen LogP contribution in [0.4, 0.5) is 10.1 Å². The van der Waals surface area contributed by atoms with E-state index in [1.54, 1.807) is 0 Å². The summed E-state index contributed by atoms with van der Waals surface area (Å²) in [5.41, 5.74) is 5.02. The smallest absolute Gasteiger partial charge is 0.277 e. The average molecular weight is 196 g/mol. The first-order chi connectivity index (χ1) is 6.57. The standard InChI is InChI=1S/C9H9FN2O2/c1-2-7(11)9-6(10)4-3-5-8(9)12(13)14/h2-5,7H,1,11H2. The second-order valence-corrected chi connectivity index (χ2v) is 2.69. The van der Waals surface area contributed by atoms with Gasteiger partial charge in [0, 0.05) is 6.07 Å². The van der Waals surface area contributed by atoms with Gasteiger partial charge in [-0.05, 0) is 6.07 Å². The molecule has 1 aromatic rings. The molecule has 0 bridgehead atoms.